The maximum absolute atomic E-state index is 5.82. The molecule has 1 aromatic carbocycles. The van der Waals surface area contributed by atoms with Gasteiger partial charge in [0.05, 0.1) is 12.8 Å². The largest absolute Gasteiger partial charge is 0.495 e. The van der Waals surface area contributed by atoms with Crippen molar-refractivity contribution in [2.75, 3.05) is 12.8 Å². The molecule has 17 heavy (non-hydrogen) atoms. The van der Waals surface area contributed by atoms with Crippen molar-refractivity contribution in [2.24, 2.45) is 0 Å². The second-order valence-electron chi connectivity index (χ2n) is 4.07. The van der Waals surface area contributed by atoms with Crippen LogP contribution in [0, 0.1) is 0 Å². The Morgan fingerprint density at radius 3 is 2.65 bits per heavy atom. The maximum Gasteiger partial charge on any atom is 0.229 e. The molecule has 0 unspecified atom stereocenters. The Morgan fingerprint density at radius 2 is 2.12 bits per heavy atom. The Morgan fingerprint density at radius 1 is 1.35 bits per heavy atom. The fraction of sp³-hybridized carbons (Fsp3) is 0.333. The summed E-state index contributed by atoms with van der Waals surface area (Å²) in [5, 5.41) is 3.92. The Labute approximate surface area is 99.6 Å². The highest BCUT2D eigenvalue weighted by atomic mass is 16.5. The third-order valence-corrected chi connectivity index (χ3v) is 2.42. The molecule has 1 heterocycles. The van der Waals surface area contributed by atoms with E-state index in [0.29, 0.717) is 23.2 Å². The molecule has 2 aromatic rings. The van der Waals surface area contributed by atoms with Gasteiger partial charge >= 0.3 is 0 Å². The maximum atomic E-state index is 5.82. The summed E-state index contributed by atoms with van der Waals surface area (Å²) in [4.78, 5) is 4.30. The number of nitrogen functional groups attached to an aromatic ring is 1. The van der Waals surface area contributed by atoms with Gasteiger partial charge in [-0.1, -0.05) is 19.0 Å². The number of methoxy groups -OCH3 is 1. The Kier molecular flexibility index (Phi) is 2.99. The molecule has 0 atom stereocenters. The van der Waals surface area contributed by atoms with Crippen LogP contribution in [0.5, 0.6) is 5.75 Å². The predicted molar refractivity (Wildman–Crippen MR) is 64.8 cm³/mol. The van der Waals surface area contributed by atoms with Gasteiger partial charge in [-0.05, 0) is 18.2 Å². The van der Waals surface area contributed by atoms with Gasteiger partial charge in [0.25, 0.3) is 0 Å². The molecular formula is C12H15N3O2. The molecule has 0 fully saturated rings. The van der Waals surface area contributed by atoms with Crippen LogP contribution in [0.15, 0.2) is 22.7 Å². The Bertz CT molecular complexity index is 520. The Hall–Kier alpha value is -2.04. The lowest BCUT2D eigenvalue weighted by Crippen LogP contribution is -1.93. The lowest BCUT2D eigenvalue weighted by Gasteiger charge is -2.04. The average molecular weight is 233 g/mol. The fourth-order valence-corrected chi connectivity index (χ4v) is 1.46. The summed E-state index contributed by atoms with van der Waals surface area (Å²) >= 11 is 0. The molecular weight excluding hydrogens is 218 g/mol. The van der Waals surface area contributed by atoms with E-state index in [-0.39, 0.29) is 5.92 Å². The molecule has 0 bridgehead atoms. The monoisotopic (exact) mass is 233 g/mol. The highest BCUT2D eigenvalue weighted by Gasteiger charge is 2.12. The fourth-order valence-electron chi connectivity index (χ4n) is 1.46. The molecule has 2 N–H and O–H groups in total. The smallest absolute Gasteiger partial charge is 0.229 e. The van der Waals surface area contributed by atoms with E-state index in [1.165, 1.54) is 0 Å². The Balaban J connectivity index is 2.36. The minimum absolute atomic E-state index is 0.215. The number of hydrogen-bond acceptors (Lipinski definition) is 5. The highest BCUT2D eigenvalue weighted by molar-refractivity contribution is 5.65. The van der Waals surface area contributed by atoms with Crippen LogP contribution in [-0.2, 0) is 0 Å². The van der Waals surface area contributed by atoms with Crippen molar-refractivity contribution in [3.8, 4) is 17.1 Å². The van der Waals surface area contributed by atoms with Crippen molar-refractivity contribution in [1.29, 1.82) is 0 Å². The molecule has 0 aliphatic rings. The first-order chi connectivity index (χ1) is 8.11. The number of nitrogens with zero attached hydrogens (tertiary/aromatic N) is 2. The van der Waals surface area contributed by atoms with Gasteiger partial charge in [0.1, 0.15) is 5.75 Å². The SMILES string of the molecule is COc1ccc(-c2noc(C(C)C)n2)cc1N. The van der Waals surface area contributed by atoms with Gasteiger partial charge in [0, 0.05) is 11.5 Å². The van der Waals surface area contributed by atoms with E-state index in [4.69, 9.17) is 15.0 Å². The summed E-state index contributed by atoms with van der Waals surface area (Å²) in [7, 11) is 1.58. The van der Waals surface area contributed by atoms with Gasteiger partial charge in [0.2, 0.25) is 11.7 Å². The summed E-state index contributed by atoms with van der Waals surface area (Å²) in [5.41, 5.74) is 7.20. The van der Waals surface area contributed by atoms with Crippen molar-refractivity contribution < 1.29 is 9.26 Å². The third-order valence-electron chi connectivity index (χ3n) is 2.42. The van der Waals surface area contributed by atoms with E-state index in [2.05, 4.69) is 10.1 Å². The van der Waals surface area contributed by atoms with E-state index < -0.39 is 0 Å². The summed E-state index contributed by atoms with van der Waals surface area (Å²) in [5.74, 6) is 2.02. The van der Waals surface area contributed by atoms with Crippen molar-refractivity contribution in [3.05, 3.63) is 24.1 Å². The zero-order valence-electron chi connectivity index (χ0n) is 10.1. The van der Waals surface area contributed by atoms with Crippen LogP contribution in [0.2, 0.25) is 0 Å². The van der Waals surface area contributed by atoms with Crippen molar-refractivity contribution in [3.63, 3.8) is 0 Å². The van der Waals surface area contributed by atoms with Gasteiger partial charge in [-0.15, -0.1) is 0 Å². The molecule has 0 amide bonds. The molecule has 2 rings (SSSR count). The zero-order valence-corrected chi connectivity index (χ0v) is 10.1. The first kappa shape index (κ1) is 11.4. The van der Waals surface area contributed by atoms with Gasteiger partial charge in [-0.3, -0.25) is 0 Å². The summed E-state index contributed by atoms with van der Waals surface area (Å²) < 4.78 is 10.2. The van der Waals surface area contributed by atoms with Crippen LogP contribution in [0.3, 0.4) is 0 Å². The number of rotatable bonds is 3. The number of hydrogen-bond donors (Lipinski definition) is 1. The molecule has 0 saturated heterocycles. The van der Waals surface area contributed by atoms with Gasteiger partial charge < -0.3 is 15.0 Å². The topological polar surface area (TPSA) is 74.2 Å². The van der Waals surface area contributed by atoms with Gasteiger partial charge in [-0.2, -0.15) is 4.98 Å². The number of nitrogens with two attached hydrogens (primary N) is 1. The number of aromatic nitrogens is 2. The van der Waals surface area contributed by atoms with Crippen LogP contribution in [0.1, 0.15) is 25.7 Å². The van der Waals surface area contributed by atoms with Crippen LogP contribution >= 0.6 is 0 Å². The molecule has 1 aromatic heterocycles. The average Bonchev–Trinajstić information content (AvgIpc) is 2.78. The summed E-state index contributed by atoms with van der Waals surface area (Å²) in [6.45, 7) is 4.00. The number of benzene rings is 1. The summed E-state index contributed by atoms with van der Waals surface area (Å²) in [6.07, 6.45) is 0. The van der Waals surface area contributed by atoms with Crippen LogP contribution in [0.4, 0.5) is 5.69 Å². The molecule has 0 spiro atoms. The molecule has 5 nitrogen and oxygen atoms in total. The van der Waals surface area contributed by atoms with Gasteiger partial charge in [0.15, 0.2) is 0 Å². The third kappa shape index (κ3) is 2.22. The van der Waals surface area contributed by atoms with Crippen molar-refractivity contribution >= 4 is 5.69 Å². The van der Waals surface area contributed by atoms with E-state index in [0.717, 1.165) is 5.56 Å². The first-order valence-electron chi connectivity index (χ1n) is 5.39. The molecule has 0 radical (unpaired) electrons. The second kappa shape index (κ2) is 4.45. The van der Waals surface area contributed by atoms with Gasteiger partial charge in [-0.25, -0.2) is 0 Å². The van der Waals surface area contributed by atoms with E-state index in [1.807, 2.05) is 19.9 Å². The molecule has 90 valence electrons. The second-order valence-corrected chi connectivity index (χ2v) is 4.07. The van der Waals surface area contributed by atoms with E-state index >= 15 is 0 Å². The van der Waals surface area contributed by atoms with Crippen LogP contribution < -0.4 is 10.5 Å². The van der Waals surface area contributed by atoms with E-state index in [1.54, 1.807) is 19.2 Å². The first-order valence-corrected chi connectivity index (χ1v) is 5.39. The van der Waals surface area contributed by atoms with E-state index in [9.17, 15) is 0 Å². The number of ether oxygens (including phenoxy) is 1. The van der Waals surface area contributed by atoms with Crippen molar-refractivity contribution in [2.45, 2.75) is 19.8 Å². The summed E-state index contributed by atoms with van der Waals surface area (Å²) in [6, 6.07) is 5.41. The predicted octanol–water partition coefficient (Wildman–Crippen LogP) is 2.45. The molecule has 5 heteroatoms. The minimum atomic E-state index is 0.215. The standard InChI is InChI=1S/C12H15N3O2/c1-7(2)12-14-11(15-17-12)8-4-5-10(16-3)9(13)6-8/h4-7H,13H2,1-3H3. The quantitative estimate of drug-likeness (QED) is 0.824. The molecule has 0 saturated carbocycles. The lowest BCUT2D eigenvalue weighted by molar-refractivity contribution is 0.365. The van der Waals surface area contributed by atoms with Crippen LogP contribution in [-0.4, -0.2) is 17.3 Å². The minimum Gasteiger partial charge on any atom is -0.495 e. The molecule has 0 aliphatic heterocycles. The van der Waals surface area contributed by atoms with Crippen molar-refractivity contribution in [1.82, 2.24) is 10.1 Å². The number of anilines is 1. The van der Waals surface area contributed by atoms with Crippen LogP contribution in [0.25, 0.3) is 11.4 Å². The highest BCUT2D eigenvalue weighted by Crippen LogP contribution is 2.27. The normalized spacial score (nSPS) is 10.8. The lowest BCUT2D eigenvalue weighted by atomic mass is 10.1. The zero-order chi connectivity index (χ0) is 12.4. The molecule has 0 aliphatic carbocycles.